The van der Waals surface area contributed by atoms with Gasteiger partial charge in [0.15, 0.2) is 0 Å². The average Bonchev–Trinajstić information content (AvgIpc) is 3.68. The maximum atomic E-state index is 12.5. The van der Waals surface area contributed by atoms with E-state index in [1.54, 1.807) is 46.1 Å². The van der Waals surface area contributed by atoms with Crippen molar-refractivity contribution in [3.63, 3.8) is 0 Å². The molecule has 0 bridgehead atoms. The Hall–Kier alpha value is -5.26. The molecule has 6 rings (SSSR count). The number of fused-ring (bicyclic) bond motifs is 6. The minimum atomic E-state index is -0.857. The summed E-state index contributed by atoms with van der Waals surface area (Å²) in [7, 11) is 1.36. The highest BCUT2D eigenvalue weighted by Crippen LogP contribution is 2.16. The Morgan fingerprint density at radius 1 is 0.732 bits per heavy atom. The maximum Gasteiger partial charge on any atom is 0.305 e. The van der Waals surface area contributed by atoms with Gasteiger partial charge in [-0.2, -0.15) is 0 Å². The SMILES string of the molecule is COC(=O)CCCn1c(=O)c2cccn2c2ccncc21.O=C(O)CCCn1c(=O)c2cccn2c2ccncc21. The molecule has 0 aromatic carbocycles. The van der Waals surface area contributed by atoms with Crippen molar-refractivity contribution in [2.45, 2.75) is 38.8 Å². The molecule has 0 atom stereocenters. The molecular weight excluding hydrogens is 528 g/mol. The first-order chi connectivity index (χ1) is 19.9. The number of esters is 1. The number of carbonyl (C=O) groups is 2. The van der Waals surface area contributed by atoms with E-state index in [-0.39, 0.29) is 29.9 Å². The van der Waals surface area contributed by atoms with E-state index in [1.165, 1.54) is 7.11 Å². The summed E-state index contributed by atoms with van der Waals surface area (Å²) < 4.78 is 11.6. The van der Waals surface area contributed by atoms with Crippen molar-refractivity contribution in [1.82, 2.24) is 27.9 Å². The Morgan fingerprint density at radius 3 is 1.68 bits per heavy atom. The highest BCUT2D eigenvalue weighted by atomic mass is 16.5. The molecule has 0 saturated carbocycles. The van der Waals surface area contributed by atoms with Gasteiger partial charge in [-0.15, -0.1) is 0 Å². The van der Waals surface area contributed by atoms with Gasteiger partial charge in [0.1, 0.15) is 11.0 Å². The first kappa shape index (κ1) is 27.3. The van der Waals surface area contributed by atoms with E-state index in [1.807, 2.05) is 45.5 Å². The van der Waals surface area contributed by atoms with E-state index in [2.05, 4.69) is 14.7 Å². The van der Waals surface area contributed by atoms with Crippen molar-refractivity contribution >= 4 is 45.0 Å². The Balaban J connectivity index is 0.000000165. The molecule has 0 aliphatic carbocycles. The fourth-order valence-corrected chi connectivity index (χ4v) is 4.92. The summed E-state index contributed by atoms with van der Waals surface area (Å²) in [6.07, 6.45) is 11.7. The van der Waals surface area contributed by atoms with Crippen LogP contribution >= 0.6 is 0 Å². The van der Waals surface area contributed by atoms with E-state index in [9.17, 15) is 19.2 Å². The third kappa shape index (κ3) is 5.44. The highest BCUT2D eigenvalue weighted by Gasteiger charge is 2.12. The van der Waals surface area contributed by atoms with E-state index in [0.717, 1.165) is 16.6 Å². The topological polar surface area (TPSA) is 142 Å². The predicted molar refractivity (Wildman–Crippen MR) is 152 cm³/mol. The average molecular weight is 557 g/mol. The summed E-state index contributed by atoms with van der Waals surface area (Å²) in [6.45, 7) is 0.826. The lowest BCUT2D eigenvalue weighted by atomic mass is 10.3. The molecule has 0 radical (unpaired) electrons. The maximum absolute atomic E-state index is 12.5. The van der Waals surface area contributed by atoms with Gasteiger partial charge in [-0.05, 0) is 49.2 Å². The molecular formula is C29H28N6O6. The molecule has 0 aliphatic heterocycles. The number of nitrogens with zero attached hydrogens (tertiary/aromatic N) is 6. The lowest BCUT2D eigenvalue weighted by Gasteiger charge is -2.11. The number of aliphatic carboxylic acids is 1. The molecule has 0 unspecified atom stereocenters. The van der Waals surface area contributed by atoms with Gasteiger partial charge in [0.25, 0.3) is 11.1 Å². The summed E-state index contributed by atoms with van der Waals surface area (Å²) in [5.41, 5.74) is 4.28. The van der Waals surface area contributed by atoms with Crippen LogP contribution < -0.4 is 11.1 Å². The van der Waals surface area contributed by atoms with Crippen LogP contribution in [0, 0.1) is 0 Å². The number of aryl methyl sites for hydroxylation is 2. The quantitative estimate of drug-likeness (QED) is 0.282. The first-order valence-corrected chi connectivity index (χ1v) is 13.1. The zero-order valence-corrected chi connectivity index (χ0v) is 22.3. The van der Waals surface area contributed by atoms with Gasteiger partial charge in [-0.3, -0.25) is 29.1 Å². The third-order valence-electron chi connectivity index (χ3n) is 6.84. The van der Waals surface area contributed by atoms with Crippen LogP contribution in [0.25, 0.3) is 33.1 Å². The number of ether oxygens (including phenoxy) is 1. The minimum absolute atomic E-state index is 0.0421. The van der Waals surface area contributed by atoms with E-state index >= 15 is 0 Å². The molecule has 210 valence electrons. The van der Waals surface area contributed by atoms with Crippen LogP contribution in [0.2, 0.25) is 0 Å². The highest BCUT2D eigenvalue weighted by molar-refractivity contribution is 5.79. The van der Waals surface area contributed by atoms with Crippen LogP contribution in [0.5, 0.6) is 0 Å². The van der Waals surface area contributed by atoms with Gasteiger partial charge in [-0.25, -0.2) is 0 Å². The zero-order chi connectivity index (χ0) is 28.9. The van der Waals surface area contributed by atoms with Gasteiger partial charge in [-0.1, -0.05) is 0 Å². The number of carbonyl (C=O) groups excluding carboxylic acids is 1. The molecule has 6 aromatic rings. The van der Waals surface area contributed by atoms with Crippen LogP contribution in [0.3, 0.4) is 0 Å². The third-order valence-corrected chi connectivity index (χ3v) is 6.84. The second-order valence-electron chi connectivity index (χ2n) is 9.35. The van der Waals surface area contributed by atoms with Gasteiger partial charge in [0.2, 0.25) is 0 Å². The molecule has 12 heteroatoms. The lowest BCUT2D eigenvalue weighted by molar-refractivity contribution is -0.141. The first-order valence-electron chi connectivity index (χ1n) is 13.1. The lowest BCUT2D eigenvalue weighted by Crippen LogP contribution is -2.23. The fraction of sp³-hybridized carbons (Fsp3) is 0.241. The van der Waals surface area contributed by atoms with E-state index in [0.29, 0.717) is 42.5 Å². The summed E-state index contributed by atoms with van der Waals surface area (Å²) in [6, 6.07) is 10.9. The van der Waals surface area contributed by atoms with Crippen LogP contribution in [0.4, 0.5) is 0 Å². The number of carboxylic acids is 1. The Morgan fingerprint density at radius 2 is 1.22 bits per heavy atom. The van der Waals surface area contributed by atoms with Crippen LogP contribution in [-0.2, 0) is 27.4 Å². The summed E-state index contributed by atoms with van der Waals surface area (Å²) in [4.78, 5) is 55.0. The molecule has 12 nitrogen and oxygen atoms in total. The van der Waals surface area contributed by atoms with Crippen LogP contribution in [0.1, 0.15) is 25.7 Å². The second kappa shape index (κ2) is 11.9. The molecule has 0 saturated heterocycles. The number of aromatic nitrogens is 6. The number of carboxylic acid groups (broad SMARTS) is 1. The van der Waals surface area contributed by atoms with Crippen LogP contribution in [-0.4, -0.2) is 52.1 Å². The molecule has 0 aliphatic rings. The molecule has 0 fully saturated rings. The zero-order valence-electron chi connectivity index (χ0n) is 22.3. The van der Waals surface area contributed by atoms with E-state index in [4.69, 9.17) is 5.11 Å². The Bertz CT molecular complexity index is 2000. The molecule has 6 heterocycles. The largest absolute Gasteiger partial charge is 0.481 e. The predicted octanol–water partition coefficient (Wildman–Crippen LogP) is 3.12. The number of rotatable bonds is 8. The summed E-state index contributed by atoms with van der Waals surface area (Å²) in [5, 5.41) is 8.71. The fourth-order valence-electron chi connectivity index (χ4n) is 4.92. The summed E-state index contributed by atoms with van der Waals surface area (Å²) in [5.74, 6) is -1.13. The second-order valence-corrected chi connectivity index (χ2v) is 9.35. The molecule has 6 aromatic heterocycles. The van der Waals surface area contributed by atoms with Crippen molar-refractivity contribution in [2.75, 3.05) is 7.11 Å². The van der Waals surface area contributed by atoms with Gasteiger partial charge < -0.3 is 27.8 Å². The number of pyridine rings is 2. The molecule has 1 N–H and O–H groups in total. The van der Waals surface area contributed by atoms with Crippen molar-refractivity contribution in [1.29, 1.82) is 0 Å². The van der Waals surface area contributed by atoms with Gasteiger partial charge in [0.05, 0.1) is 41.6 Å². The van der Waals surface area contributed by atoms with Gasteiger partial charge >= 0.3 is 11.9 Å². The van der Waals surface area contributed by atoms with E-state index < -0.39 is 5.97 Å². The monoisotopic (exact) mass is 556 g/mol. The Kier molecular flexibility index (Phi) is 7.90. The van der Waals surface area contributed by atoms with Crippen molar-refractivity contribution in [2.24, 2.45) is 0 Å². The van der Waals surface area contributed by atoms with Gasteiger partial charge in [0, 0.05) is 50.7 Å². The van der Waals surface area contributed by atoms with Crippen LogP contribution in [0.15, 0.2) is 83.2 Å². The minimum Gasteiger partial charge on any atom is -0.481 e. The Labute approximate surface area is 232 Å². The number of hydrogen-bond donors (Lipinski definition) is 1. The van der Waals surface area contributed by atoms with Crippen molar-refractivity contribution in [3.8, 4) is 0 Å². The smallest absolute Gasteiger partial charge is 0.305 e. The molecule has 41 heavy (non-hydrogen) atoms. The standard InChI is InChI=1S/C15H15N3O3.C14H13N3O3/c1-21-14(19)5-3-9-18-13-10-16-7-6-11(13)17-8-2-4-12(17)15(18)20;18-13(19)4-2-8-17-12-9-15-6-5-10(12)16-7-1-3-11(16)14(17)20/h2,4,6-8,10H,3,5,9H2,1H3;1,3,5-7,9H,2,4,8H2,(H,18,19). The normalized spacial score (nSPS) is 11.1. The number of hydrogen-bond acceptors (Lipinski definition) is 7. The number of methoxy groups -OCH3 is 1. The summed E-state index contributed by atoms with van der Waals surface area (Å²) >= 11 is 0. The molecule has 0 amide bonds. The molecule has 0 spiro atoms. The van der Waals surface area contributed by atoms with Crippen molar-refractivity contribution in [3.05, 3.63) is 94.3 Å². The van der Waals surface area contributed by atoms with Crippen molar-refractivity contribution < 1.29 is 19.4 Å².